The van der Waals surface area contributed by atoms with E-state index >= 15 is 0 Å². The van der Waals surface area contributed by atoms with E-state index in [1.165, 1.54) is 45.0 Å². The maximum atomic E-state index is 6.40. The van der Waals surface area contributed by atoms with Crippen molar-refractivity contribution in [2.45, 2.75) is 24.7 Å². The Balaban J connectivity index is 1.46. The van der Waals surface area contributed by atoms with E-state index in [4.69, 9.17) is 4.74 Å². The summed E-state index contributed by atoms with van der Waals surface area (Å²) in [7, 11) is 16.7. The maximum Gasteiger partial charge on any atom is 0.0475 e. The van der Waals surface area contributed by atoms with Gasteiger partial charge in [0.2, 0.25) is 0 Å². The van der Waals surface area contributed by atoms with Crippen molar-refractivity contribution in [3.8, 4) is 0 Å². The fourth-order valence-corrected chi connectivity index (χ4v) is 5.58. The lowest BCUT2D eigenvalue weighted by Gasteiger charge is -2.22. The number of benzene rings is 4. The van der Waals surface area contributed by atoms with E-state index in [0.29, 0.717) is 13.2 Å². The lowest BCUT2D eigenvalue weighted by Crippen LogP contribution is -2.12. The molecule has 0 saturated carbocycles. The van der Waals surface area contributed by atoms with Gasteiger partial charge in [-0.15, -0.1) is 0 Å². The number of rotatable bonds is 14. The minimum atomic E-state index is 0.278. The molecule has 0 unspecified atom stereocenters. The molecule has 5 heteroatoms. The van der Waals surface area contributed by atoms with Gasteiger partial charge in [0.1, 0.15) is 0 Å². The van der Waals surface area contributed by atoms with E-state index in [0.717, 1.165) is 12.8 Å². The second-order valence-electron chi connectivity index (χ2n) is 12.2. The van der Waals surface area contributed by atoms with Crippen LogP contribution in [0.5, 0.6) is 0 Å². The molecule has 43 heavy (non-hydrogen) atoms. The molecule has 0 N–H and O–H groups in total. The van der Waals surface area contributed by atoms with Crippen LogP contribution in [-0.4, -0.2) is 69.6 Å². The van der Waals surface area contributed by atoms with Crippen LogP contribution in [0.25, 0.3) is 0 Å². The summed E-state index contributed by atoms with van der Waals surface area (Å²) in [6, 6.07) is 35.9. The topological polar surface area (TPSA) is 22.2 Å². The molecule has 4 rings (SSSR count). The molecule has 4 aromatic carbocycles. The van der Waals surface area contributed by atoms with Gasteiger partial charge in [0, 0.05) is 104 Å². The molecular weight excluding hydrogens is 528 g/mol. The van der Waals surface area contributed by atoms with Crippen LogP contribution in [-0.2, 0) is 4.74 Å². The summed E-state index contributed by atoms with van der Waals surface area (Å²) in [5.41, 5.74) is 10.2. The summed E-state index contributed by atoms with van der Waals surface area (Å²) in [4.78, 5) is 8.58. The van der Waals surface area contributed by atoms with Gasteiger partial charge in [-0.05, 0) is 83.6 Å². The summed E-state index contributed by atoms with van der Waals surface area (Å²) in [5.74, 6) is 0.556. The van der Waals surface area contributed by atoms with Gasteiger partial charge in [0.25, 0.3) is 0 Å². The van der Waals surface area contributed by atoms with Crippen LogP contribution >= 0.6 is 0 Å². The minimum Gasteiger partial charge on any atom is -0.381 e. The molecule has 0 saturated heterocycles. The number of hydrogen-bond donors (Lipinski definition) is 0. The SMILES string of the molecule is CN(C)c1ccc(C(CCOCCC(c2ccc(N(C)C)cc2)c2ccc(N(C)C)cc2)c2ccc(N(C)C)cc2)cc1. The Bertz CT molecular complexity index is 1160. The third-order valence-corrected chi connectivity index (χ3v) is 8.35. The van der Waals surface area contributed by atoms with E-state index in [1.807, 2.05) is 0 Å². The predicted molar refractivity (Wildman–Crippen MR) is 187 cm³/mol. The van der Waals surface area contributed by atoms with Crippen molar-refractivity contribution >= 4 is 22.7 Å². The highest BCUT2D eigenvalue weighted by atomic mass is 16.5. The molecule has 0 heterocycles. The van der Waals surface area contributed by atoms with Crippen LogP contribution in [0.3, 0.4) is 0 Å². The highest BCUT2D eigenvalue weighted by Crippen LogP contribution is 2.33. The van der Waals surface area contributed by atoms with Crippen LogP contribution in [0.2, 0.25) is 0 Å². The lowest BCUT2D eigenvalue weighted by atomic mass is 9.88. The Kier molecular flexibility index (Phi) is 11.1. The standard InChI is InChI=1S/C38H50N4O/c1-39(2)33-17-9-29(10-18-33)37(30-11-19-34(20-12-30)40(3)4)25-27-43-28-26-38(31-13-21-35(22-14-31)41(5)6)32-15-23-36(24-16-32)42(7)8/h9-24,37-38H,25-28H2,1-8H3. The highest BCUT2D eigenvalue weighted by molar-refractivity contribution is 5.52. The fraction of sp³-hybridized carbons (Fsp3) is 0.368. The number of nitrogens with zero attached hydrogens (tertiary/aromatic N) is 4. The first kappa shape index (κ1) is 32.0. The molecular formula is C38H50N4O. The Labute approximate surface area is 260 Å². The second-order valence-corrected chi connectivity index (χ2v) is 12.2. The molecule has 0 amide bonds. The minimum absolute atomic E-state index is 0.278. The van der Waals surface area contributed by atoms with Gasteiger partial charge in [-0.1, -0.05) is 48.5 Å². The third kappa shape index (κ3) is 8.55. The molecule has 0 spiro atoms. The smallest absolute Gasteiger partial charge is 0.0475 e. The van der Waals surface area contributed by atoms with Gasteiger partial charge < -0.3 is 24.3 Å². The number of ether oxygens (including phenoxy) is 1. The first-order valence-corrected chi connectivity index (χ1v) is 15.3. The maximum absolute atomic E-state index is 6.40. The van der Waals surface area contributed by atoms with Gasteiger partial charge in [-0.2, -0.15) is 0 Å². The van der Waals surface area contributed by atoms with Crippen molar-refractivity contribution in [3.05, 3.63) is 119 Å². The molecule has 0 atom stereocenters. The van der Waals surface area contributed by atoms with Crippen LogP contribution in [0.15, 0.2) is 97.1 Å². The summed E-state index contributed by atoms with van der Waals surface area (Å²) in [6.45, 7) is 1.42. The van der Waals surface area contributed by atoms with Crippen molar-refractivity contribution in [3.63, 3.8) is 0 Å². The normalized spacial score (nSPS) is 11.2. The Hall–Kier alpha value is -3.96. The largest absolute Gasteiger partial charge is 0.381 e. The van der Waals surface area contributed by atoms with Gasteiger partial charge in [-0.3, -0.25) is 0 Å². The van der Waals surface area contributed by atoms with Crippen molar-refractivity contribution in [1.29, 1.82) is 0 Å². The highest BCUT2D eigenvalue weighted by Gasteiger charge is 2.18. The van der Waals surface area contributed by atoms with E-state index < -0.39 is 0 Å². The molecule has 0 bridgehead atoms. The van der Waals surface area contributed by atoms with Crippen LogP contribution in [0.1, 0.15) is 46.9 Å². The van der Waals surface area contributed by atoms with Crippen molar-refractivity contribution in [1.82, 2.24) is 0 Å². The van der Waals surface area contributed by atoms with Crippen molar-refractivity contribution in [2.24, 2.45) is 0 Å². The molecule has 4 aromatic rings. The van der Waals surface area contributed by atoms with Crippen LogP contribution in [0, 0.1) is 0 Å². The third-order valence-electron chi connectivity index (χ3n) is 8.35. The zero-order chi connectivity index (χ0) is 30.9. The molecule has 0 aromatic heterocycles. The Morgan fingerprint density at radius 2 is 0.581 bits per heavy atom. The Morgan fingerprint density at radius 1 is 0.372 bits per heavy atom. The first-order chi connectivity index (χ1) is 20.6. The van der Waals surface area contributed by atoms with E-state index in [1.54, 1.807) is 0 Å². The van der Waals surface area contributed by atoms with Crippen LogP contribution < -0.4 is 19.6 Å². The molecule has 0 fully saturated rings. The van der Waals surface area contributed by atoms with Gasteiger partial charge in [-0.25, -0.2) is 0 Å². The van der Waals surface area contributed by atoms with Crippen LogP contribution in [0.4, 0.5) is 22.7 Å². The summed E-state index contributed by atoms with van der Waals surface area (Å²) in [6.07, 6.45) is 1.87. The zero-order valence-electron chi connectivity index (χ0n) is 27.4. The molecule has 0 aliphatic rings. The molecule has 0 radical (unpaired) electrons. The van der Waals surface area contributed by atoms with E-state index in [-0.39, 0.29) is 11.8 Å². The van der Waals surface area contributed by atoms with Gasteiger partial charge in [0.15, 0.2) is 0 Å². The number of anilines is 4. The van der Waals surface area contributed by atoms with Gasteiger partial charge in [0.05, 0.1) is 0 Å². The zero-order valence-corrected chi connectivity index (χ0v) is 27.4. The summed E-state index contributed by atoms with van der Waals surface area (Å²) >= 11 is 0. The summed E-state index contributed by atoms with van der Waals surface area (Å²) < 4.78 is 6.40. The quantitative estimate of drug-likeness (QED) is 0.143. The molecule has 5 nitrogen and oxygen atoms in total. The van der Waals surface area contributed by atoms with Gasteiger partial charge >= 0.3 is 0 Å². The van der Waals surface area contributed by atoms with E-state index in [9.17, 15) is 0 Å². The fourth-order valence-electron chi connectivity index (χ4n) is 5.58. The lowest BCUT2D eigenvalue weighted by molar-refractivity contribution is 0.124. The van der Waals surface area contributed by atoms with E-state index in [2.05, 4.69) is 173 Å². The van der Waals surface area contributed by atoms with Crippen molar-refractivity contribution < 1.29 is 4.74 Å². The van der Waals surface area contributed by atoms with Crippen molar-refractivity contribution in [2.75, 3.05) is 89.2 Å². The number of hydrogen-bond acceptors (Lipinski definition) is 5. The monoisotopic (exact) mass is 578 g/mol. The molecule has 0 aliphatic heterocycles. The second kappa shape index (κ2) is 15.0. The summed E-state index contributed by atoms with van der Waals surface area (Å²) in [5, 5.41) is 0. The Morgan fingerprint density at radius 3 is 0.767 bits per heavy atom. The molecule has 228 valence electrons. The first-order valence-electron chi connectivity index (χ1n) is 15.3. The average molecular weight is 579 g/mol. The average Bonchev–Trinajstić information content (AvgIpc) is 3.01. The molecule has 0 aliphatic carbocycles. The predicted octanol–water partition coefficient (Wildman–Crippen LogP) is 7.71.